The number of aliphatic hydroxyl groups excluding tert-OH is 1. The molecule has 1 aliphatic heterocycles. The molecule has 4 nitrogen and oxygen atoms in total. The van der Waals surface area contributed by atoms with Gasteiger partial charge in [-0.05, 0) is 33.2 Å². The van der Waals surface area contributed by atoms with E-state index in [1.807, 2.05) is 6.92 Å². The zero-order chi connectivity index (χ0) is 10.6. The van der Waals surface area contributed by atoms with Gasteiger partial charge in [-0.1, -0.05) is 0 Å². The van der Waals surface area contributed by atoms with Crippen molar-refractivity contribution in [1.82, 2.24) is 10.6 Å². The minimum absolute atomic E-state index is 0.00621. The second-order valence-electron chi connectivity index (χ2n) is 4.17. The molecule has 0 spiro atoms. The summed E-state index contributed by atoms with van der Waals surface area (Å²) in [5, 5.41) is 14.9. The van der Waals surface area contributed by atoms with Crippen molar-refractivity contribution < 1.29 is 9.90 Å². The second-order valence-corrected chi connectivity index (χ2v) is 4.17. The van der Waals surface area contributed by atoms with Crippen LogP contribution >= 0.6 is 0 Å². The Labute approximate surface area is 85.1 Å². The maximum atomic E-state index is 11.7. The predicted molar refractivity (Wildman–Crippen MR) is 54.9 cm³/mol. The Hall–Kier alpha value is -0.610. The highest BCUT2D eigenvalue weighted by Gasteiger charge is 2.25. The third-order valence-electron chi connectivity index (χ3n) is 2.66. The second kappa shape index (κ2) is 5.32. The first-order valence-corrected chi connectivity index (χ1v) is 5.28. The van der Waals surface area contributed by atoms with Crippen LogP contribution < -0.4 is 10.6 Å². The van der Waals surface area contributed by atoms with Crippen LogP contribution in [0, 0.1) is 5.92 Å². The SMILES string of the molecule is CC1CC(C(=O)NC(C)CO)CCN1. The van der Waals surface area contributed by atoms with Gasteiger partial charge in [0.1, 0.15) is 0 Å². The molecule has 1 amide bonds. The first-order valence-electron chi connectivity index (χ1n) is 5.28. The third-order valence-corrected chi connectivity index (χ3v) is 2.66. The highest BCUT2D eigenvalue weighted by atomic mass is 16.3. The monoisotopic (exact) mass is 200 g/mol. The van der Waals surface area contributed by atoms with Crippen molar-refractivity contribution in [2.75, 3.05) is 13.2 Å². The molecule has 0 aliphatic carbocycles. The van der Waals surface area contributed by atoms with Gasteiger partial charge in [-0.2, -0.15) is 0 Å². The summed E-state index contributed by atoms with van der Waals surface area (Å²) in [5.74, 6) is 0.195. The van der Waals surface area contributed by atoms with Crippen molar-refractivity contribution in [1.29, 1.82) is 0 Å². The highest BCUT2D eigenvalue weighted by Crippen LogP contribution is 2.15. The Balaban J connectivity index is 2.36. The van der Waals surface area contributed by atoms with Crippen molar-refractivity contribution in [3.05, 3.63) is 0 Å². The van der Waals surface area contributed by atoms with Crippen LogP contribution in [0.2, 0.25) is 0 Å². The molecule has 0 radical (unpaired) electrons. The Morgan fingerprint density at radius 2 is 2.43 bits per heavy atom. The molecule has 0 aromatic heterocycles. The van der Waals surface area contributed by atoms with Gasteiger partial charge in [-0.15, -0.1) is 0 Å². The molecular formula is C10H20N2O2. The maximum Gasteiger partial charge on any atom is 0.223 e. The van der Waals surface area contributed by atoms with E-state index in [4.69, 9.17) is 5.11 Å². The number of hydrogen-bond donors (Lipinski definition) is 3. The van der Waals surface area contributed by atoms with Crippen LogP contribution in [0.4, 0.5) is 0 Å². The average Bonchev–Trinajstić information content (AvgIpc) is 2.17. The van der Waals surface area contributed by atoms with E-state index in [-0.39, 0.29) is 24.5 Å². The van der Waals surface area contributed by atoms with Gasteiger partial charge < -0.3 is 15.7 Å². The fraction of sp³-hybridized carbons (Fsp3) is 0.900. The molecule has 14 heavy (non-hydrogen) atoms. The van der Waals surface area contributed by atoms with Crippen molar-refractivity contribution in [2.45, 2.75) is 38.8 Å². The van der Waals surface area contributed by atoms with Crippen molar-refractivity contribution in [2.24, 2.45) is 5.92 Å². The first-order chi connectivity index (χ1) is 6.63. The summed E-state index contributed by atoms with van der Waals surface area (Å²) in [5.41, 5.74) is 0. The smallest absolute Gasteiger partial charge is 0.223 e. The minimum atomic E-state index is -0.132. The number of piperidine rings is 1. The van der Waals surface area contributed by atoms with Gasteiger partial charge in [0, 0.05) is 18.0 Å². The minimum Gasteiger partial charge on any atom is -0.394 e. The molecule has 1 aliphatic rings. The molecule has 1 heterocycles. The Morgan fingerprint density at radius 3 is 3.00 bits per heavy atom. The number of nitrogens with one attached hydrogen (secondary N) is 2. The van der Waals surface area contributed by atoms with E-state index in [0.717, 1.165) is 19.4 Å². The van der Waals surface area contributed by atoms with Crippen LogP contribution in [0.3, 0.4) is 0 Å². The van der Waals surface area contributed by atoms with E-state index in [2.05, 4.69) is 17.6 Å². The highest BCUT2D eigenvalue weighted by molar-refractivity contribution is 5.79. The van der Waals surface area contributed by atoms with Gasteiger partial charge in [0.05, 0.1) is 6.61 Å². The lowest BCUT2D eigenvalue weighted by atomic mass is 9.92. The van der Waals surface area contributed by atoms with Crippen molar-refractivity contribution >= 4 is 5.91 Å². The maximum absolute atomic E-state index is 11.7. The molecule has 3 atom stereocenters. The summed E-state index contributed by atoms with van der Waals surface area (Å²) in [6.07, 6.45) is 1.79. The summed E-state index contributed by atoms with van der Waals surface area (Å²) in [7, 11) is 0. The van der Waals surface area contributed by atoms with Gasteiger partial charge >= 0.3 is 0 Å². The van der Waals surface area contributed by atoms with E-state index < -0.39 is 0 Å². The molecule has 0 aromatic rings. The average molecular weight is 200 g/mol. The van der Waals surface area contributed by atoms with E-state index >= 15 is 0 Å². The number of rotatable bonds is 3. The Morgan fingerprint density at radius 1 is 1.71 bits per heavy atom. The van der Waals surface area contributed by atoms with Crippen LogP contribution in [0.5, 0.6) is 0 Å². The van der Waals surface area contributed by atoms with E-state index in [9.17, 15) is 4.79 Å². The van der Waals surface area contributed by atoms with Gasteiger partial charge in [-0.3, -0.25) is 4.79 Å². The normalized spacial score (nSPS) is 29.6. The lowest BCUT2D eigenvalue weighted by molar-refractivity contribution is -0.127. The zero-order valence-corrected chi connectivity index (χ0v) is 8.92. The molecule has 82 valence electrons. The van der Waals surface area contributed by atoms with Crippen LogP contribution in [-0.4, -0.2) is 36.2 Å². The van der Waals surface area contributed by atoms with E-state index in [1.165, 1.54) is 0 Å². The van der Waals surface area contributed by atoms with Gasteiger partial charge in [-0.25, -0.2) is 0 Å². The standard InChI is InChI=1S/C10H20N2O2/c1-7-5-9(3-4-11-7)10(14)12-8(2)6-13/h7-9,11,13H,3-6H2,1-2H3,(H,12,14). The van der Waals surface area contributed by atoms with Gasteiger partial charge in [0.2, 0.25) is 5.91 Å². The van der Waals surface area contributed by atoms with Crippen LogP contribution in [0.1, 0.15) is 26.7 Å². The molecule has 1 rings (SSSR count). The number of hydrogen-bond acceptors (Lipinski definition) is 3. The molecule has 0 bridgehead atoms. The summed E-state index contributed by atoms with van der Waals surface area (Å²) >= 11 is 0. The van der Waals surface area contributed by atoms with Crippen molar-refractivity contribution in [3.8, 4) is 0 Å². The van der Waals surface area contributed by atoms with Gasteiger partial charge in [0.15, 0.2) is 0 Å². The van der Waals surface area contributed by atoms with Gasteiger partial charge in [0.25, 0.3) is 0 Å². The first kappa shape index (κ1) is 11.5. The quantitative estimate of drug-likeness (QED) is 0.595. The van der Waals surface area contributed by atoms with Crippen LogP contribution in [0.15, 0.2) is 0 Å². The lowest BCUT2D eigenvalue weighted by Gasteiger charge is -2.27. The number of amides is 1. The molecule has 3 unspecified atom stereocenters. The molecule has 1 saturated heterocycles. The summed E-state index contributed by atoms with van der Waals surface area (Å²) in [4.78, 5) is 11.7. The molecule has 0 saturated carbocycles. The topological polar surface area (TPSA) is 61.4 Å². The fourth-order valence-electron chi connectivity index (χ4n) is 1.78. The van der Waals surface area contributed by atoms with Crippen LogP contribution in [-0.2, 0) is 4.79 Å². The molecular weight excluding hydrogens is 180 g/mol. The Bertz CT molecular complexity index is 197. The molecule has 3 N–H and O–H groups in total. The van der Waals surface area contributed by atoms with Crippen LogP contribution in [0.25, 0.3) is 0 Å². The fourth-order valence-corrected chi connectivity index (χ4v) is 1.78. The summed E-state index contributed by atoms with van der Waals surface area (Å²) in [6, 6.07) is 0.289. The Kier molecular flexibility index (Phi) is 4.35. The number of aliphatic hydroxyl groups is 1. The molecule has 1 fully saturated rings. The van der Waals surface area contributed by atoms with Crippen molar-refractivity contribution in [3.63, 3.8) is 0 Å². The predicted octanol–water partition coefficient (Wildman–Crippen LogP) is -0.128. The summed E-state index contributed by atoms with van der Waals surface area (Å²) < 4.78 is 0. The molecule has 0 aromatic carbocycles. The van der Waals surface area contributed by atoms with E-state index in [1.54, 1.807) is 0 Å². The van der Waals surface area contributed by atoms with E-state index in [0.29, 0.717) is 6.04 Å². The zero-order valence-electron chi connectivity index (χ0n) is 8.92. The molecule has 4 heteroatoms. The lowest BCUT2D eigenvalue weighted by Crippen LogP contribution is -2.45. The third kappa shape index (κ3) is 3.27. The number of carbonyl (C=O) groups excluding carboxylic acids is 1. The number of carbonyl (C=O) groups is 1. The summed E-state index contributed by atoms with van der Waals surface area (Å²) in [6.45, 7) is 4.82. The largest absolute Gasteiger partial charge is 0.394 e.